The summed E-state index contributed by atoms with van der Waals surface area (Å²) in [5, 5.41) is 2.87. The highest BCUT2D eigenvalue weighted by Gasteiger charge is 2.36. The third kappa shape index (κ3) is 3.24. The van der Waals surface area contributed by atoms with Gasteiger partial charge in [0.2, 0.25) is 11.8 Å². The summed E-state index contributed by atoms with van der Waals surface area (Å²) in [6, 6.07) is 3.30. The molecule has 2 atom stereocenters. The second-order valence-corrected chi connectivity index (χ2v) is 5.97. The van der Waals surface area contributed by atoms with Gasteiger partial charge < -0.3 is 14.6 Å². The fourth-order valence-electron chi connectivity index (χ4n) is 3.26. The van der Waals surface area contributed by atoms with Gasteiger partial charge in [0.25, 0.3) is 0 Å². The molecule has 2 heterocycles. The zero-order valence-electron chi connectivity index (χ0n) is 12.7. The second kappa shape index (κ2) is 6.81. The molecular weight excluding hydrogens is 280 g/mol. The van der Waals surface area contributed by atoms with Crippen LogP contribution in [0.15, 0.2) is 35.0 Å². The number of furan rings is 1. The lowest BCUT2D eigenvalue weighted by Gasteiger charge is -2.28. The summed E-state index contributed by atoms with van der Waals surface area (Å²) in [4.78, 5) is 26.8. The van der Waals surface area contributed by atoms with Crippen LogP contribution < -0.4 is 5.32 Å². The predicted octanol–water partition coefficient (Wildman–Crippen LogP) is 2.24. The fraction of sp³-hybridized carbons (Fsp3) is 0.529. The lowest BCUT2D eigenvalue weighted by atomic mass is 9.93. The van der Waals surface area contributed by atoms with Crippen LogP contribution in [0.1, 0.15) is 37.9 Å². The SMILES string of the molecule is O=C(NCc1ccco1)C1CCCN1C(=O)C1CC=CCC1. The van der Waals surface area contributed by atoms with Gasteiger partial charge in [-0.2, -0.15) is 0 Å². The van der Waals surface area contributed by atoms with E-state index in [1.807, 2.05) is 6.07 Å². The van der Waals surface area contributed by atoms with Gasteiger partial charge in [0.05, 0.1) is 12.8 Å². The molecule has 3 rings (SSSR count). The smallest absolute Gasteiger partial charge is 0.243 e. The zero-order valence-corrected chi connectivity index (χ0v) is 12.7. The molecule has 2 aliphatic rings. The van der Waals surface area contributed by atoms with E-state index < -0.39 is 0 Å². The summed E-state index contributed by atoms with van der Waals surface area (Å²) in [5.41, 5.74) is 0. The molecule has 1 aliphatic carbocycles. The zero-order chi connectivity index (χ0) is 15.4. The number of nitrogens with zero attached hydrogens (tertiary/aromatic N) is 1. The number of allylic oxidation sites excluding steroid dienone is 2. The highest BCUT2D eigenvalue weighted by atomic mass is 16.3. The van der Waals surface area contributed by atoms with E-state index in [1.165, 1.54) is 0 Å². The van der Waals surface area contributed by atoms with E-state index in [2.05, 4.69) is 17.5 Å². The van der Waals surface area contributed by atoms with Crippen molar-refractivity contribution in [2.75, 3.05) is 6.54 Å². The third-order valence-corrected chi connectivity index (χ3v) is 4.47. The highest BCUT2D eigenvalue weighted by Crippen LogP contribution is 2.26. The Morgan fingerprint density at radius 3 is 2.95 bits per heavy atom. The fourth-order valence-corrected chi connectivity index (χ4v) is 3.26. The van der Waals surface area contributed by atoms with E-state index in [1.54, 1.807) is 17.2 Å². The van der Waals surface area contributed by atoms with Crippen molar-refractivity contribution in [2.45, 2.75) is 44.7 Å². The average molecular weight is 302 g/mol. The monoisotopic (exact) mass is 302 g/mol. The first kappa shape index (κ1) is 14.9. The third-order valence-electron chi connectivity index (χ3n) is 4.47. The van der Waals surface area contributed by atoms with Crippen LogP contribution in [0.3, 0.4) is 0 Å². The lowest BCUT2D eigenvalue weighted by molar-refractivity contribution is -0.141. The molecule has 2 amide bonds. The molecule has 2 unspecified atom stereocenters. The van der Waals surface area contributed by atoms with Crippen molar-refractivity contribution in [1.29, 1.82) is 0 Å². The van der Waals surface area contributed by atoms with Gasteiger partial charge in [-0.15, -0.1) is 0 Å². The van der Waals surface area contributed by atoms with Crippen molar-refractivity contribution in [3.63, 3.8) is 0 Å². The average Bonchev–Trinajstić information content (AvgIpc) is 3.24. The van der Waals surface area contributed by atoms with Crippen molar-refractivity contribution in [1.82, 2.24) is 10.2 Å². The number of nitrogens with one attached hydrogen (secondary N) is 1. The Balaban J connectivity index is 1.58. The first-order valence-electron chi connectivity index (χ1n) is 8.01. The number of likely N-dealkylation sites (tertiary alicyclic amines) is 1. The summed E-state index contributed by atoms with van der Waals surface area (Å²) in [7, 11) is 0. The van der Waals surface area contributed by atoms with E-state index >= 15 is 0 Å². The van der Waals surface area contributed by atoms with Crippen LogP contribution in [-0.4, -0.2) is 29.3 Å². The van der Waals surface area contributed by atoms with Crippen LogP contribution in [0.2, 0.25) is 0 Å². The van der Waals surface area contributed by atoms with Crippen molar-refractivity contribution in [2.24, 2.45) is 5.92 Å². The largest absolute Gasteiger partial charge is 0.467 e. The molecule has 1 aromatic heterocycles. The number of amides is 2. The van der Waals surface area contributed by atoms with Gasteiger partial charge in [-0.05, 0) is 44.2 Å². The summed E-state index contributed by atoms with van der Waals surface area (Å²) in [6.07, 6.45) is 10.1. The van der Waals surface area contributed by atoms with Gasteiger partial charge in [-0.1, -0.05) is 12.2 Å². The maximum Gasteiger partial charge on any atom is 0.243 e. The number of hydrogen-bond acceptors (Lipinski definition) is 3. The maximum atomic E-state index is 12.6. The Morgan fingerprint density at radius 1 is 1.32 bits per heavy atom. The van der Waals surface area contributed by atoms with Gasteiger partial charge in [0.1, 0.15) is 11.8 Å². The molecule has 1 fully saturated rings. The minimum Gasteiger partial charge on any atom is -0.467 e. The number of hydrogen-bond donors (Lipinski definition) is 1. The molecule has 0 radical (unpaired) electrons. The first-order valence-corrected chi connectivity index (χ1v) is 8.01. The Hall–Kier alpha value is -2.04. The van der Waals surface area contributed by atoms with Crippen molar-refractivity contribution in [3.05, 3.63) is 36.3 Å². The molecule has 118 valence electrons. The van der Waals surface area contributed by atoms with Crippen LogP contribution >= 0.6 is 0 Å². The second-order valence-electron chi connectivity index (χ2n) is 5.97. The van der Waals surface area contributed by atoms with E-state index in [-0.39, 0.29) is 23.8 Å². The van der Waals surface area contributed by atoms with Crippen LogP contribution in [0.25, 0.3) is 0 Å². The molecule has 0 saturated carbocycles. The summed E-state index contributed by atoms with van der Waals surface area (Å²) in [6.45, 7) is 1.06. The van der Waals surface area contributed by atoms with E-state index in [0.29, 0.717) is 13.1 Å². The van der Waals surface area contributed by atoms with Gasteiger partial charge >= 0.3 is 0 Å². The Morgan fingerprint density at radius 2 is 2.23 bits per heavy atom. The molecule has 5 heteroatoms. The maximum absolute atomic E-state index is 12.6. The number of carbonyl (C=O) groups excluding carboxylic acids is 2. The highest BCUT2D eigenvalue weighted by molar-refractivity contribution is 5.89. The molecule has 0 bridgehead atoms. The molecule has 1 aliphatic heterocycles. The first-order chi connectivity index (χ1) is 10.8. The van der Waals surface area contributed by atoms with Gasteiger partial charge in [-0.25, -0.2) is 0 Å². The van der Waals surface area contributed by atoms with E-state index in [4.69, 9.17) is 4.42 Å². The number of carbonyl (C=O) groups is 2. The van der Waals surface area contributed by atoms with Crippen molar-refractivity contribution < 1.29 is 14.0 Å². The summed E-state index contributed by atoms with van der Waals surface area (Å²) >= 11 is 0. The standard InChI is InChI=1S/C17H22N2O3/c20-16(18-12-14-8-5-11-22-14)15-9-4-10-19(15)17(21)13-6-2-1-3-7-13/h1-2,5,8,11,13,15H,3-4,6-7,9-10,12H2,(H,18,20). The van der Waals surface area contributed by atoms with Crippen LogP contribution in [0.5, 0.6) is 0 Å². The molecule has 5 nitrogen and oxygen atoms in total. The molecule has 1 saturated heterocycles. The predicted molar refractivity (Wildman–Crippen MR) is 81.8 cm³/mol. The quantitative estimate of drug-likeness (QED) is 0.868. The van der Waals surface area contributed by atoms with Gasteiger partial charge in [0, 0.05) is 12.5 Å². The van der Waals surface area contributed by atoms with Crippen LogP contribution in [-0.2, 0) is 16.1 Å². The molecule has 0 spiro atoms. The van der Waals surface area contributed by atoms with E-state index in [0.717, 1.165) is 37.9 Å². The van der Waals surface area contributed by atoms with Gasteiger partial charge in [-0.3, -0.25) is 9.59 Å². The molecule has 1 aromatic rings. The molecular formula is C17H22N2O3. The normalized spacial score (nSPS) is 24.5. The molecule has 0 aromatic carbocycles. The van der Waals surface area contributed by atoms with Crippen LogP contribution in [0, 0.1) is 5.92 Å². The minimum atomic E-state index is -0.326. The van der Waals surface area contributed by atoms with Crippen LogP contribution in [0.4, 0.5) is 0 Å². The number of rotatable bonds is 4. The molecule has 22 heavy (non-hydrogen) atoms. The summed E-state index contributed by atoms with van der Waals surface area (Å²) < 4.78 is 5.21. The Kier molecular flexibility index (Phi) is 4.61. The van der Waals surface area contributed by atoms with Gasteiger partial charge in [0.15, 0.2) is 0 Å². The lowest BCUT2D eigenvalue weighted by Crippen LogP contribution is -2.47. The Bertz CT molecular complexity index is 550. The molecule has 1 N–H and O–H groups in total. The minimum absolute atomic E-state index is 0.0449. The summed E-state index contributed by atoms with van der Waals surface area (Å²) in [5.74, 6) is 0.832. The topological polar surface area (TPSA) is 62.6 Å². The van der Waals surface area contributed by atoms with Crippen molar-refractivity contribution >= 4 is 11.8 Å². The van der Waals surface area contributed by atoms with E-state index in [9.17, 15) is 9.59 Å². The van der Waals surface area contributed by atoms with Crippen molar-refractivity contribution in [3.8, 4) is 0 Å². The Labute approximate surface area is 130 Å².